The number of fused-ring (bicyclic) bond motifs is 1. The van der Waals surface area contributed by atoms with Crippen molar-refractivity contribution in [1.82, 2.24) is 10.2 Å². The zero-order valence-electron chi connectivity index (χ0n) is 10.1. The van der Waals surface area contributed by atoms with Gasteiger partial charge in [-0.15, -0.1) is 0 Å². The third kappa shape index (κ3) is 1.48. The normalized spacial score (nSPS) is 26.7. The van der Waals surface area contributed by atoms with Gasteiger partial charge in [-0.2, -0.15) is 11.3 Å². The molecule has 0 saturated carbocycles. The molecule has 1 fully saturated rings. The van der Waals surface area contributed by atoms with Gasteiger partial charge in [-0.3, -0.25) is 29.4 Å². The summed E-state index contributed by atoms with van der Waals surface area (Å²) in [5.74, 6) is -1.91. The molecule has 1 saturated heterocycles. The lowest BCUT2D eigenvalue weighted by Crippen LogP contribution is -2.62. The maximum atomic E-state index is 12.2. The second-order valence-corrected chi connectivity index (χ2v) is 5.54. The van der Waals surface area contributed by atoms with Gasteiger partial charge in [0.25, 0.3) is 17.7 Å². The first-order valence-corrected chi connectivity index (χ1v) is 6.69. The van der Waals surface area contributed by atoms with Crippen molar-refractivity contribution in [1.29, 1.82) is 0 Å². The number of thiophene rings is 1. The van der Waals surface area contributed by atoms with Crippen LogP contribution in [0, 0.1) is 0 Å². The smallest absolute Gasteiger partial charge is 0.263 e. The molecule has 0 spiro atoms. The number of carbonyl (C=O) groups excluding carboxylic acids is 4. The van der Waals surface area contributed by atoms with Crippen molar-refractivity contribution in [2.24, 2.45) is 0 Å². The van der Waals surface area contributed by atoms with Crippen LogP contribution in [-0.4, -0.2) is 34.1 Å². The van der Waals surface area contributed by atoms with Gasteiger partial charge in [0.1, 0.15) is 5.54 Å². The summed E-state index contributed by atoms with van der Waals surface area (Å²) in [5.41, 5.74) is -0.625. The highest BCUT2D eigenvalue weighted by Gasteiger charge is 2.52. The molecule has 7 heteroatoms. The predicted octanol–water partition coefficient (Wildman–Crippen LogP) is 0.539. The molecule has 1 aromatic heterocycles. The van der Waals surface area contributed by atoms with Gasteiger partial charge >= 0.3 is 0 Å². The number of nitrogens with zero attached hydrogens (tertiary/aromatic N) is 1. The van der Waals surface area contributed by atoms with Crippen LogP contribution in [0.25, 0.3) is 0 Å². The first-order valence-electron chi connectivity index (χ1n) is 5.74. The molecule has 1 unspecified atom stereocenters. The third-order valence-electron chi connectivity index (χ3n) is 3.60. The molecule has 98 valence electrons. The lowest BCUT2D eigenvalue weighted by Gasteiger charge is -2.38. The SMILES string of the molecule is CC1(N2C(=O)c3cscc3C2=O)CCC(=O)NC1=O. The number of nitrogens with one attached hydrogen (secondary N) is 1. The Morgan fingerprint density at radius 2 is 1.74 bits per heavy atom. The van der Waals surface area contributed by atoms with Gasteiger partial charge in [-0.25, -0.2) is 0 Å². The fourth-order valence-corrected chi connectivity index (χ4v) is 3.21. The van der Waals surface area contributed by atoms with Crippen molar-refractivity contribution >= 4 is 35.0 Å². The summed E-state index contributed by atoms with van der Waals surface area (Å²) >= 11 is 1.28. The van der Waals surface area contributed by atoms with E-state index in [1.54, 1.807) is 10.8 Å². The molecule has 0 aromatic carbocycles. The summed E-state index contributed by atoms with van der Waals surface area (Å²) < 4.78 is 0. The standard InChI is InChI=1S/C12H10N2O4S/c1-12(3-2-8(15)13-11(12)18)14-9(16)6-4-19-5-7(6)10(14)17/h4-5H,2-3H2,1H3,(H,13,15,18). The number of rotatable bonds is 1. The maximum Gasteiger partial charge on any atom is 0.263 e. The molecule has 0 aliphatic carbocycles. The Hall–Kier alpha value is -2.02. The van der Waals surface area contributed by atoms with Gasteiger partial charge in [0.05, 0.1) is 11.1 Å². The molecule has 2 aliphatic heterocycles. The average Bonchev–Trinajstić information content (AvgIpc) is 2.91. The molecule has 0 bridgehead atoms. The third-order valence-corrected chi connectivity index (χ3v) is 4.35. The van der Waals surface area contributed by atoms with Crippen molar-refractivity contribution in [3.05, 3.63) is 21.9 Å². The summed E-state index contributed by atoms with van der Waals surface area (Å²) in [6, 6.07) is 0. The molecule has 4 amide bonds. The minimum absolute atomic E-state index is 0.117. The Bertz CT molecular complexity index is 605. The molecular weight excluding hydrogens is 268 g/mol. The van der Waals surface area contributed by atoms with E-state index in [4.69, 9.17) is 0 Å². The lowest BCUT2D eigenvalue weighted by atomic mass is 9.89. The van der Waals surface area contributed by atoms with Crippen molar-refractivity contribution in [2.45, 2.75) is 25.3 Å². The molecule has 0 radical (unpaired) electrons. The summed E-state index contributed by atoms with van der Waals surface area (Å²) in [4.78, 5) is 48.7. The van der Waals surface area contributed by atoms with Gasteiger partial charge in [-0.05, 0) is 13.3 Å². The molecule has 19 heavy (non-hydrogen) atoms. The highest BCUT2D eigenvalue weighted by molar-refractivity contribution is 7.08. The van der Waals surface area contributed by atoms with Crippen LogP contribution in [0.15, 0.2) is 10.8 Å². The average molecular weight is 278 g/mol. The number of carbonyl (C=O) groups is 4. The van der Waals surface area contributed by atoms with Crippen molar-refractivity contribution in [3.8, 4) is 0 Å². The lowest BCUT2D eigenvalue weighted by molar-refractivity contribution is -0.140. The quantitative estimate of drug-likeness (QED) is 0.760. The summed E-state index contributed by atoms with van der Waals surface area (Å²) in [5, 5.41) is 5.39. The van der Waals surface area contributed by atoms with Gasteiger partial charge in [-0.1, -0.05) is 0 Å². The zero-order chi connectivity index (χ0) is 13.8. The van der Waals surface area contributed by atoms with Gasteiger partial charge < -0.3 is 0 Å². The fraction of sp³-hybridized carbons (Fsp3) is 0.333. The largest absolute Gasteiger partial charge is 0.294 e. The molecule has 1 aromatic rings. The summed E-state index contributed by atoms with van der Waals surface area (Å²) in [7, 11) is 0. The Morgan fingerprint density at radius 3 is 2.26 bits per heavy atom. The van der Waals surface area contributed by atoms with E-state index in [1.807, 2.05) is 0 Å². The Morgan fingerprint density at radius 1 is 1.16 bits per heavy atom. The fourth-order valence-electron chi connectivity index (χ4n) is 2.42. The first kappa shape index (κ1) is 12.0. The number of hydrogen-bond acceptors (Lipinski definition) is 5. The Labute approximate surface area is 112 Å². The van der Waals surface area contributed by atoms with Gasteiger partial charge in [0.15, 0.2) is 0 Å². The minimum Gasteiger partial charge on any atom is -0.294 e. The minimum atomic E-state index is -1.29. The molecule has 3 heterocycles. The van der Waals surface area contributed by atoms with Crippen molar-refractivity contribution < 1.29 is 19.2 Å². The van der Waals surface area contributed by atoms with Crippen LogP contribution >= 0.6 is 11.3 Å². The monoisotopic (exact) mass is 278 g/mol. The molecule has 3 rings (SSSR count). The molecule has 1 atom stereocenters. The van der Waals surface area contributed by atoms with E-state index in [0.717, 1.165) is 4.90 Å². The molecule has 6 nitrogen and oxygen atoms in total. The molecule has 1 N–H and O–H groups in total. The van der Waals surface area contributed by atoms with Crippen LogP contribution in [0.1, 0.15) is 40.5 Å². The predicted molar refractivity (Wildman–Crippen MR) is 65.6 cm³/mol. The number of piperidine rings is 1. The second kappa shape index (κ2) is 3.74. The number of imide groups is 2. The Balaban J connectivity index is 2.02. The highest BCUT2D eigenvalue weighted by atomic mass is 32.1. The molecule has 2 aliphatic rings. The summed E-state index contributed by atoms with van der Waals surface area (Å²) in [6.45, 7) is 1.51. The van der Waals surface area contributed by atoms with Crippen LogP contribution in [0.4, 0.5) is 0 Å². The molecular formula is C12H10N2O4S. The van der Waals surface area contributed by atoms with Gasteiger partial charge in [0, 0.05) is 17.2 Å². The highest BCUT2D eigenvalue weighted by Crippen LogP contribution is 2.35. The van der Waals surface area contributed by atoms with E-state index < -0.39 is 23.3 Å². The van der Waals surface area contributed by atoms with E-state index in [0.29, 0.717) is 11.1 Å². The number of amides is 4. The van der Waals surface area contributed by atoms with Gasteiger partial charge in [0.2, 0.25) is 5.91 Å². The van der Waals surface area contributed by atoms with Crippen LogP contribution in [0.5, 0.6) is 0 Å². The van der Waals surface area contributed by atoms with Crippen molar-refractivity contribution in [3.63, 3.8) is 0 Å². The number of hydrogen-bond donors (Lipinski definition) is 1. The van der Waals surface area contributed by atoms with Crippen LogP contribution < -0.4 is 5.32 Å². The first-order chi connectivity index (χ1) is 8.95. The Kier molecular flexibility index (Phi) is 2.37. The van der Waals surface area contributed by atoms with E-state index in [2.05, 4.69) is 5.32 Å². The zero-order valence-corrected chi connectivity index (χ0v) is 10.9. The van der Waals surface area contributed by atoms with Crippen LogP contribution in [0.2, 0.25) is 0 Å². The maximum absolute atomic E-state index is 12.2. The van der Waals surface area contributed by atoms with Crippen LogP contribution in [0.3, 0.4) is 0 Å². The second-order valence-electron chi connectivity index (χ2n) is 4.80. The topological polar surface area (TPSA) is 83.6 Å². The van der Waals surface area contributed by atoms with Crippen molar-refractivity contribution in [2.75, 3.05) is 0 Å². The van der Waals surface area contributed by atoms with Crippen LogP contribution in [-0.2, 0) is 9.59 Å². The van der Waals surface area contributed by atoms with E-state index in [9.17, 15) is 19.2 Å². The summed E-state index contributed by atoms with van der Waals surface area (Å²) in [6.07, 6.45) is 0.273. The van der Waals surface area contributed by atoms with E-state index >= 15 is 0 Å². The van der Waals surface area contributed by atoms with E-state index in [1.165, 1.54) is 18.3 Å². The van der Waals surface area contributed by atoms with E-state index in [-0.39, 0.29) is 18.7 Å².